The first kappa shape index (κ1) is 16.7. The predicted molar refractivity (Wildman–Crippen MR) is 83.8 cm³/mol. The van der Waals surface area contributed by atoms with E-state index >= 15 is 0 Å². The second-order valence-corrected chi connectivity index (χ2v) is 7.96. The molecule has 1 saturated carbocycles. The zero-order valence-corrected chi connectivity index (χ0v) is 14.3. The highest BCUT2D eigenvalue weighted by molar-refractivity contribution is 9.10. The summed E-state index contributed by atoms with van der Waals surface area (Å²) in [4.78, 5) is 0.200. The summed E-state index contributed by atoms with van der Waals surface area (Å²) in [5.74, 6) is 0.787. The molecule has 21 heavy (non-hydrogen) atoms. The summed E-state index contributed by atoms with van der Waals surface area (Å²) in [5.41, 5.74) is 0. The number of methoxy groups -OCH3 is 1. The second-order valence-electron chi connectivity index (χ2n) is 5.33. The lowest BCUT2D eigenvalue weighted by Gasteiger charge is -2.25. The van der Waals surface area contributed by atoms with Crippen LogP contribution >= 0.6 is 15.9 Å². The minimum atomic E-state index is -3.54. The van der Waals surface area contributed by atoms with E-state index in [-0.39, 0.29) is 16.9 Å². The summed E-state index contributed by atoms with van der Waals surface area (Å²) in [7, 11) is -2.01. The van der Waals surface area contributed by atoms with Crippen molar-refractivity contribution in [3.8, 4) is 5.75 Å². The van der Waals surface area contributed by atoms with Crippen LogP contribution in [0.4, 0.5) is 0 Å². The standard InChI is InChI=1S/C14H20BrNO4S/c1-20-14-6-5-12(8-13(14)15)21(18,19)16-9-10-3-2-4-11(17)7-10/h5-6,8,10-11,16-17H,2-4,7,9H2,1H3. The van der Waals surface area contributed by atoms with E-state index in [0.29, 0.717) is 23.2 Å². The van der Waals surface area contributed by atoms with Gasteiger partial charge in [0.05, 0.1) is 22.6 Å². The molecule has 0 spiro atoms. The van der Waals surface area contributed by atoms with Gasteiger partial charge in [0.2, 0.25) is 10.0 Å². The Morgan fingerprint density at radius 3 is 2.81 bits per heavy atom. The molecule has 1 aromatic carbocycles. The summed E-state index contributed by atoms with van der Waals surface area (Å²) in [6.07, 6.45) is 3.07. The fourth-order valence-corrected chi connectivity index (χ4v) is 4.41. The molecular formula is C14H20BrNO4S. The molecule has 0 saturated heterocycles. The van der Waals surface area contributed by atoms with Gasteiger partial charge in [0.25, 0.3) is 0 Å². The normalized spacial score (nSPS) is 23.0. The van der Waals surface area contributed by atoms with Gasteiger partial charge in [0, 0.05) is 6.54 Å². The SMILES string of the molecule is COc1ccc(S(=O)(=O)NCC2CCCC(O)C2)cc1Br. The Kier molecular flexibility index (Phi) is 5.65. The molecule has 2 N–H and O–H groups in total. The van der Waals surface area contributed by atoms with Crippen molar-refractivity contribution in [2.24, 2.45) is 5.92 Å². The van der Waals surface area contributed by atoms with Crippen LogP contribution in [-0.4, -0.2) is 33.3 Å². The Hall–Kier alpha value is -0.630. The highest BCUT2D eigenvalue weighted by Gasteiger charge is 2.23. The van der Waals surface area contributed by atoms with Gasteiger partial charge in [-0.1, -0.05) is 6.42 Å². The number of rotatable bonds is 5. The average Bonchev–Trinajstić information content (AvgIpc) is 2.45. The first-order valence-corrected chi connectivity index (χ1v) is 9.21. The molecule has 0 bridgehead atoms. The minimum Gasteiger partial charge on any atom is -0.496 e. The van der Waals surface area contributed by atoms with Gasteiger partial charge in [0.1, 0.15) is 5.75 Å². The number of sulfonamides is 1. The highest BCUT2D eigenvalue weighted by Crippen LogP contribution is 2.28. The van der Waals surface area contributed by atoms with Gasteiger partial charge < -0.3 is 9.84 Å². The van der Waals surface area contributed by atoms with Crippen LogP contribution in [0.3, 0.4) is 0 Å². The first-order valence-electron chi connectivity index (χ1n) is 6.93. The van der Waals surface area contributed by atoms with Crippen molar-refractivity contribution >= 4 is 26.0 Å². The van der Waals surface area contributed by atoms with E-state index in [1.165, 1.54) is 19.2 Å². The van der Waals surface area contributed by atoms with Crippen molar-refractivity contribution in [2.75, 3.05) is 13.7 Å². The number of aliphatic hydroxyl groups is 1. The molecule has 0 amide bonds. The van der Waals surface area contributed by atoms with Crippen LogP contribution in [0, 0.1) is 5.92 Å². The molecule has 2 atom stereocenters. The van der Waals surface area contributed by atoms with E-state index in [1.54, 1.807) is 6.07 Å². The maximum absolute atomic E-state index is 12.3. The molecule has 0 aliphatic heterocycles. The molecule has 0 radical (unpaired) electrons. The van der Waals surface area contributed by atoms with E-state index in [0.717, 1.165) is 19.3 Å². The number of nitrogens with one attached hydrogen (secondary N) is 1. The van der Waals surface area contributed by atoms with Crippen LogP contribution in [0.1, 0.15) is 25.7 Å². The predicted octanol–water partition coefficient (Wildman–Crippen LogP) is 2.29. The molecule has 0 heterocycles. The van der Waals surface area contributed by atoms with Crippen LogP contribution in [0.15, 0.2) is 27.6 Å². The van der Waals surface area contributed by atoms with Crippen molar-refractivity contribution < 1.29 is 18.3 Å². The molecule has 118 valence electrons. The molecule has 0 aromatic heterocycles. The Balaban J connectivity index is 2.02. The van der Waals surface area contributed by atoms with Crippen molar-refractivity contribution in [1.82, 2.24) is 4.72 Å². The Morgan fingerprint density at radius 2 is 2.19 bits per heavy atom. The molecule has 2 rings (SSSR count). The zero-order valence-electron chi connectivity index (χ0n) is 11.9. The van der Waals surface area contributed by atoms with Crippen molar-refractivity contribution in [3.05, 3.63) is 22.7 Å². The summed E-state index contributed by atoms with van der Waals surface area (Å²) < 4.78 is 32.9. The molecule has 2 unspecified atom stereocenters. The number of hydrogen-bond donors (Lipinski definition) is 2. The van der Waals surface area contributed by atoms with Crippen molar-refractivity contribution in [3.63, 3.8) is 0 Å². The van der Waals surface area contributed by atoms with Crippen LogP contribution in [-0.2, 0) is 10.0 Å². The third-order valence-electron chi connectivity index (χ3n) is 3.75. The lowest BCUT2D eigenvalue weighted by Crippen LogP contribution is -2.33. The highest BCUT2D eigenvalue weighted by atomic mass is 79.9. The molecule has 1 aliphatic rings. The maximum Gasteiger partial charge on any atom is 0.240 e. The van der Waals surface area contributed by atoms with Gasteiger partial charge in [0.15, 0.2) is 0 Å². The fraction of sp³-hybridized carbons (Fsp3) is 0.571. The number of ether oxygens (including phenoxy) is 1. The van der Waals surface area contributed by atoms with E-state index in [4.69, 9.17) is 4.74 Å². The largest absolute Gasteiger partial charge is 0.496 e. The Labute approximate surface area is 133 Å². The van der Waals surface area contributed by atoms with E-state index in [1.807, 2.05) is 0 Å². The summed E-state index contributed by atoms with van der Waals surface area (Å²) >= 11 is 3.29. The van der Waals surface area contributed by atoms with E-state index in [2.05, 4.69) is 20.7 Å². The van der Waals surface area contributed by atoms with Crippen molar-refractivity contribution in [1.29, 1.82) is 0 Å². The zero-order chi connectivity index (χ0) is 15.5. The topological polar surface area (TPSA) is 75.6 Å². The summed E-state index contributed by atoms with van der Waals surface area (Å²) in [6.45, 7) is 0.364. The summed E-state index contributed by atoms with van der Waals surface area (Å²) in [5, 5.41) is 9.62. The van der Waals surface area contributed by atoms with Gasteiger partial charge in [-0.25, -0.2) is 13.1 Å². The van der Waals surface area contributed by atoms with E-state index in [9.17, 15) is 13.5 Å². The third-order valence-corrected chi connectivity index (χ3v) is 5.79. The maximum atomic E-state index is 12.3. The van der Waals surface area contributed by atoms with Crippen LogP contribution in [0.25, 0.3) is 0 Å². The van der Waals surface area contributed by atoms with Crippen molar-refractivity contribution in [2.45, 2.75) is 36.7 Å². The molecule has 7 heteroatoms. The Bertz CT molecular complexity index is 591. The van der Waals surface area contributed by atoms with Gasteiger partial charge in [-0.3, -0.25) is 0 Å². The molecule has 1 aliphatic carbocycles. The number of hydrogen-bond acceptors (Lipinski definition) is 4. The molecular weight excluding hydrogens is 358 g/mol. The van der Waals surface area contributed by atoms with Crippen LogP contribution in [0.5, 0.6) is 5.75 Å². The number of benzene rings is 1. The van der Waals surface area contributed by atoms with Gasteiger partial charge >= 0.3 is 0 Å². The fourth-order valence-electron chi connectivity index (χ4n) is 2.57. The van der Waals surface area contributed by atoms with Gasteiger partial charge in [-0.2, -0.15) is 0 Å². The molecule has 1 aromatic rings. The lowest BCUT2D eigenvalue weighted by molar-refractivity contribution is 0.102. The lowest BCUT2D eigenvalue weighted by atomic mass is 9.87. The molecule has 5 nitrogen and oxygen atoms in total. The quantitative estimate of drug-likeness (QED) is 0.825. The van der Waals surface area contributed by atoms with Gasteiger partial charge in [-0.05, 0) is 59.3 Å². The second kappa shape index (κ2) is 7.09. The minimum absolute atomic E-state index is 0.199. The van der Waals surface area contributed by atoms with Crippen LogP contribution in [0.2, 0.25) is 0 Å². The molecule has 1 fully saturated rings. The monoisotopic (exact) mass is 377 g/mol. The van der Waals surface area contributed by atoms with Gasteiger partial charge in [-0.15, -0.1) is 0 Å². The van der Waals surface area contributed by atoms with E-state index < -0.39 is 10.0 Å². The Morgan fingerprint density at radius 1 is 1.43 bits per heavy atom. The number of aliphatic hydroxyl groups excluding tert-OH is 1. The average molecular weight is 378 g/mol. The van der Waals surface area contributed by atoms with Crippen LogP contribution < -0.4 is 9.46 Å². The number of halogens is 1. The first-order chi connectivity index (χ1) is 9.92. The summed E-state index contributed by atoms with van der Waals surface area (Å²) in [6, 6.07) is 4.65. The smallest absolute Gasteiger partial charge is 0.240 e. The third kappa shape index (κ3) is 4.42.